The molecule has 0 bridgehead atoms. The molecule has 0 saturated carbocycles. The van der Waals surface area contributed by atoms with Gasteiger partial charge in [0.15, 0.2) is 0 Å². The summed E-state index contributed by atoms with van der Waals surface area (Å²) in [5.74, 6) is -0.160. The monoisotopic (exact) mass is 464 g/mol. The van der Waals surface area contributed by atoms with Gasteiger partial charge in [0.2, 0.25) is 0 Å². The maximum Gasteiger partial charge on any atom is 0.267 e. The van der Waals surface area contributed by atoms with Gasteiger partial charge in [-0.15, -0.1) is 0 Å². The summed E-state index contributed by atoms with van der Waals surface area (Å²) in [6.07, 6.45) is 7.61. The number of amides is 1. The molecule has 0 spiro atoms. The van der Waals surface area contributed by atoms with Crippen molar-refractivity contribution < 1.29 is 10.0 Å². The van der Waals surface area contributed by atoms with E-state index in [0.29, 0.717) is 5.92 Å². The second-order valence-corrected chi connectivity index (χ2v) is 8.85. The Morgan fingerprint density at radius 3 is 2.29 bits per heavy atom. The molecule has 4 aromatic rings. The topological polar surface area (TPSA) is 81.2 Å². The van der Waals surface area contributed by atoms with Crippen LogP contribution < -0.4 is 5.48 Å². The molecular weight excluding hydrogens is 436 g/mol. The Hall–Kier alpha value is -4.00. The van der Waals surface area contributed by atoms with Crippen LogP contribution in [-0.4, -0.2) is 32.5 Å². The third kappa shape index (κ3) is 5.24. The number of aromatic amines is 1. The summed E-state index contributed by atoms with van der Waals surface area (Å²) in [7, 11) is 0. The van der Waals surface area contributed by atoms with Crippen LogP contribution in [0.15, 0.2) is 91.4 Å². The fourth-order valence-electron chi connectivity index (χ4n) is 4.91. The summed E-state index contributed by atoms with van der Waals surface area (Å²) in [6, 6.07) is 25.6. The van der Waals surface area contributed by atoms with Gasteiger partial charge in [0, 0.05) is 37.0 Å². The fraction of sp³-hybridized carbons (Fsp3) is 0.172. The van der Waals surface area contributed by atoms with E-state index in [4.69, 9.17) is 5.21 Å². The standard InChI is InChI=1S/C29H28N4O2/c34-29(32-35)14-13-21-9-11-22(12-10-21)18-33(19-23-17-30-20-31-23)16-15-28-26-7-3-1-5-24(26)25-6-2-4-8-27(25)28/h1-14,17,20,28,35H,15-16,18-19H2,(H,30,31)(H,32,34)/b14-13+. The molecule has 1 heterocycles. The summed E-state index contributed by atoms with van der Waals surface area (Å²) in [5.41, 5.74) is 10.3. The normalized spacial score (nSPS) is 12.7. The van der Waals surface area contributed by atoms with Crippen molar-refractivity contribution in [2.24, 2.45) is 0 Å². The van der Waals surface area contributed by atoms with E-state index in [1.807, 2.05) is 18.3 Å². The molecule has 0 unspecified atom stereocenters. The number of fused-ring (bicyclic) bond motifs is 3. The molecule has 3 aromatic carbocycles. The average molecular weight is 465 g/mol. The van der Waals surface area contributed by atoms with E-state index in [1.54, 1.807) is 17.9 Å². The number of nitrogens with one attached hydrogen (secondary N) is 2. The van der Waals surface area contributed by atoms with Crippen LogP contribution in [0.3, 0.4) is 0 Å². The molecule has 1 amide bonds. The molecule has 0 aliphatic heterocycles. The Morgan fingerprint density at radius 1 is 0.971 bits per heavy atom. The number of carbonyl (C=O) groups excluding carboxylic acids is 1. The number of carbonyl (C=O) groups is 1. The van der Waals surface area contributed by atoms with Crippen LogP contribution in [0.1, 0.15) is 40.3 Å². The van der Waals surface area contributed by atoms with Gasteiger partial charge in [-0.1, -0.05) is 72.8 Å². The van der Waals surface area contributed by atoms with Gasteiger partial charge < -0.3 is 4.98 Å². The molecule has 176 valence electrons. The molecule has 1 aliphatic rings. The van der Waals surface area contributed by atoms with Gasteiger partial charge in [-0.05, 0) is 52.4 Å². The van der Waals surface area contributed by atoms with Crippen LogP contribution in [0.5, 0.6) is 0 Å². The maximum absolute atomic E-state index is 11.2. The van der Waals surface area contributed by atoms with E-state index < -0.39 is 5.91 Å². The van der Waals surface area contributed by atoms with E-state index in [9.17, 15) is 4.79 Å². The lowest BCUT2D eigenvalue weighted by molar-refractivity contribution is -0.124. The Kier molecular flexibility index (Phi) is 6.84. The molecule has 0 saturated heterocycles. The van der Waals surface area contributed by atoms with E-state index in [1.165, 1.54) is 33.9 Å². The third-order valence-corrected chi connectivity index (χ3v) is 6.57. The highest BCUT2D eigenvalue weighted by atomic mass is 16.5. The van der Waals surface area contributed by atoms with E-state index in [-0.39, 0.29) is 0 Å². The van der Waals surface area contributed by atoms with Crippen molar-refractivity contribution in [3.8, 4) is 11.1 Å². The number of hydroxylamine groups is 1. The predicted molar refractivity (Wildman–Crippen MR) is 136 cm³/mol. The zero-order chi connectivity index (χ0) is 24.0. The van der Waals surface area contributed by atoms with Crippen LogP contribution >= 0.6 is 0 Å². The van der Waals surface area contributed by atoms with Gasteiger partial charge in [0.05, 0.1) is 6.33 Å². The fourth-order valence-corrected chi connectivity index (χ4v) is 4.91. The number of imidazole rings is 1. The predicted octanol–water partition coefficient (Wildman–Crippen LogP) is 5.13. The lowest BCUT2D eigenvalue weighted by atomic mass is 9.93. The molecule has 1 aromatic heterocycles. The summed E-state index contributed by atoms with van der Waals surface area (Å²) < 4.78 is 0. The number of benzene rings is 3. The first-order valence-electron chi connectivity index (χ1n) is 11.8. The Balaban J connectivity index is 1.32. The van der Waals surface area contributed by atoms with Gasteiger partial charge in [-0.25, -0.2) is 10.5 Å². The second-order valence-electron chi connectivity index (χ2n) is 8.85. The lowest BCUT2D eigenvalue weighted by Gasteiger charge is -2.24. The first-order chi connectivity index (χ1) is 17.2. The summed E-state index contributed by atoms with van der Waals surface area (Å²) in [4.78, 5) is 21.1. The van der Waals surface area contributed by atoms with Crippen LogP contribution in [0, 0.1) is 0 Å². The zero-order valence-corrected chi connectivity index (χ0v) is 19.4. The van der Waals surface area contributed by atoms with Crippen molar-refractivity contribution in [1.29, 1.82) is 0 Å². The third-order valence-electron chi connectivity index (χ3n) is 6.57. The maximum atomic E-state index is 11.2. The van der Waals surface area contributed by atoms with Crippen LogP contribution in [0.2, 0.25) is 0 Å². The highest BCUT2D eigenvalue weighted by molar-refractivity contribution is 5.90. The van der Waals surface area contributed by atoms with Gasteiger partial charge >= 0.3 is 0 Å². The Bertz CT molecular complexity index is 1270. The average Bonchev–Trinajstić information content (AvgIpc) is 3.52. The molecule has 6 nitrogen and oxygen atoms in total. The first-order valence-corrected chi connectivity index (χ1v) is 11.8. The van der Waals surface area contributed by atoms with Crippen molar-refractivity contribution in [2.45, 2.75) is 25.4 Å². The van der Waals surface area contributed by atoms with Crippen molar-refractivity contribution in [1.82, 2.24) is 20.3 Å². The number of aromatic nitrogens is 2. The lowest BCUT2D eigenvalue weighted by Crippen LogP contribution is -2.25. The number of H-pyrrole nitrogens is 1. The van der Waals surface area contributed by atoms with E-state index in [2.05, 4.69) is 75.5 Å². The number of hydrogen-bond acceptors (Lipinski definition) is 4. The highest BCUT2D eigenvalue weighted by Crippen LogP contribution is 2.46. The second kappa shape index (κ2) is 10.5. The van der Waals surface area contributed by atoms with Gasteiger partial charge in [-0.2, -0.15) is 0 Å². The molecule has 6 heteroatoms. The molecule has 0 atom stereocenters. The van der Waals surface area contributed by atoms with Crippen molar-refractivity contribution in [3.05, 3.63) is 119 Å². The summed E-state index contributed by atoms with van der Waals surface area (Å²) in [5, 5.41) is 8.64. The SMILES string of the molecule is O=C(/C=C/c1ccc(CN(CCC2c3ccccc3-c3ccccc32)Cc2cnc[nH]2)cc1)NO. The van der Waals surface area contributed by atoms with Gasteiger partial charge in [0.25, 0.3) is 5.91 Å². The number of hydrogen-bond donors (Lipinski definition) is 3. The first kappa shape index (κ1) is 22.8. The molecule has 35 heavy (non-hydrogen) atoms. The van der Waals surface area contributed by atoms with Crippen LogP contribution in [0.25, 0.3) is 17.2 Å². The molecular formula is C29H28N4O2. The molecule has 1 aliphatic carbocycles. The molecule has 3 N–H and O–H groups in total. The van der Waals surface area contributed by atoms with Crippen molar-refractivity contribution in [3.63, 3.8) is 0 Å². The summed E-state index contributed by atoms with van der Waals surface area (Å²) >= 11 is 0. The smallest absolute Gasteiger partial charge is 0.267 e. The quantitative estimate of drug-likeness (QED) is 0.182. The van der Waals surface area contributed by atoms with Crippen LogP contribution in [-0.2, 0) is 17.9 Å². The van der Waals surface area contributed by atoms with Crippen molar-refractivity contribution in [2.75, 3.05) is 6.54 Å². The molecule has 0 radical (unpaired) electrons. The Labute approximate surface area is 204 Å². The van der Waals surface area contributed by atoms with Crippen LogP contribution in [0.4, 0.5) is 0 Å². The highest BCUT2D eigenvalue weighted by Gasteiger charge is 2.28. The van der Waals surface area contributed by atoms with Gasteiger partial charge in [-0.3, -0.25) is 14.9 Å². The number of nitrogens with zero attached hydrogens (tertiary/aromatic N) is 2. The largest absolute Gasteiger partial charge is 0.347 e. The summed E-state index contributed by atoms with van der Waals surface area (Å²) in [6.45, 7) is 2.52. The minimum atomic E-state index is -0.546. The number of rotatable bonds is 9. The zero-order valence-electron chi connectivity index (χ0n) is 19.4. The Morgan fingerprint density at radius 2 is 1.66 bits per heavy atom. The minimum Gasteiger partial charge on any atom is -0.347 e. The van der Waals surface area contributed by atoms with Gasteiger partial charge in [0.1, 0.15) is 0 Å². The molecule has 5 rings (SSSR count). The molecule has 0 fully saturated rings. The van der Waals surface area contributed by atoms with Crippen molar-refractivity contribution >= 4 is 12.0 Å². The minimum absolute atomic E-state index is 0.386. The van der Waals surface area contributed by atoms with E-state index in [0.717, 1.165) is 37.3 Å². The van der Waals surface area contributed by atoms with E-state index >= 15 is 0 Å².